The van der Waals surface area contributed by atoms with E-state index in [0.717, 1.165) is 43.9 Å². The number of amides is 1. The molecular weight excluding hydrogens is 346 g/mol. The normalized spacial score (nSPS) is 22.0. The van der Waals surface area contributed by atoms with Crippen LogP contribution >= 0.6 is 0 Å². The Labute approximate surface area is 169 Å². The molecule has 1 aromatic carbocycles. The summed E-state index contributed by atoms with van der Waals surface area (Å²) in [5.41, 5.74) is 4.61. The highest BCUT2D eigenvalue weighted by Gasteiger charge is 2.38. The molecule has 2 aliphatic rings. The molecule has 150 valence electrons. The quantitative estimate of drug-likeness (QED) is 0.769. The molecule has 1 atom stereocenters. The minimum Gasteiger partial charge on any atom is -0.312 e. The standard InChI is InChI=1S/C24H33N3O/c1-6-8-19(7-2)13-20-9-10-21-22(14-20)27(17-24(21,4)5)23(28)16-26-12-11-25-18(3)15-26/h6-10,14,18,25H,1-2,11-13,15-17H2,3-5H3/b19-8+/t18-/m1/s1. The van der Waals surface area contributed by atoms with Crippen LogP contribution < -0.4 is 10.2 Å². The summed E-state index contributed by atoms with van der Waals surface area (Å²) >= 11 is 0. The van der Waals surface area contributed by atoms with Gasteiger partial charge in [0.1, 0.15) is 0 Å². The van der Waals surface area contributed by atoms with Crippen molar-refractivity contribution in [3.05, 3.63) is 66.3 Å². The van der Waals surface area contributed by atoms with Gasteiger partial charge in [0.05, 0.1) is 6.54 Å². The molecule has 1 saturated heterocycles. The second kappa shape index (κ2) is 8.46. The summed E-state index contributed by atoms with van der Waals surface area (Å²) in [6, 6.07) is 6.99. The zero-order valence-corrected chi connectivity index (χ0v) is 17.5. The Morgan fingerprint density at radius 1 is 1.36 bits per heavy atom. The first-order chi connectivity index (χ1) is 13.3. The molecule has 0 spiro atoms. The lowest BCUT2D eigenvalue weighted by atomic mass is 9.86. The van der Waals surface area contributed by atoms with E-state index in [1.165, 1.54) is 11.1 Å². The van der Waals surface area contributed by atoms with E-state index < -0.39 is 0 Å². The van der Waals surface area contributed by atoms with Gasteiger partial charge in [-0.25, -0.2) is 0 Å². The molecule has 1 aromatic rings. The summed E-state index contributed by atoms with van der Waals surface area (Å²) in [6.07, 6.45) is 6.43. The van der Waals surface area contributed by atoms with Crippen LogP contribution in [-0.2, 0) is 16.6 Å². The first kappa shape index (κ1) is 20.6. The predicted octanol–water partition coefficient (Wildman–Crippen LogP) is 3.45. The van der Waals surface area contributed by atoms with Crippen molar-refractivity contribution in [3.8, 4) is 0 Å². The third-order valence-corrected chi connectivity index (χ3v) is 5.75. The largest absolute Gasteiger partial charge is 0.312 e. The summed E-state index contributed by atoms with van der Waals surface area (Å²) in [5, 5.41) is 3.44. The zero-order valence-electron chi connectivity index (χ0n) is 17.5. The van der Waals surface area contributed by atoms with Crippen LogP contribution in [0.3, 0.4) is 0 Å². The number of fused-ring (bicyclic) bond motifs is 1. The lowest BCUT2D eigenvalue weighted by Gasteiger charge is -2.32. The molecule has 0 radical (unpaired) electrons. The van der Waals surface area contributed by atoms with Crippen LogP contribution in [-0.4, -0.2) is 49.6 Å². The molecule has 1 fully saturated rings. The highest BCUT2D eigenvalue weighted by molar-refractivity contribution is 5.97. The van der Waals surface area contributed by atoms with Crippen molar-refractivity contribution in [2.45, 2.75) is 38.6 Å². The van der Waals surface area contributed by atoms with Crippen LogP contribution in [0.2, 0.25) is 0 Å². The number of allylic oxidation sites excluding steroid dienone is 4. The number of anilines is 1. The van der Waals surface area contributed by atoms with Crippen molar-refractivity contribution in [1.82, 2.24) is 10.2 Å². The van der Waals surface area contributed by atoms with Crippen LogP contribution in [0.5, 0.6) is 0 Å². The number of nitrogens with one attached hydrogen (secondary N) is 1. The fraction of sp³-hybridized carbons (Fsp3) is 0.458. The van der Waals surface area contributed by atoms with Crippen molar-refractivity contribution in [3.63, 3.8) is 0 Å². The van der Waals surface area contributed by atoms with Crippen LogP contribution in [0.1, 0.15) is 31.9 Å². The van der Waals surface area contributed by atoms with E-state index in [4.69, 9.17) is 0 Å². The Morgan fingerprint density at radius 3 is 2.82 bits per heavy atom. The SMILES string of the molecule is C=C/C=C(\C=C)Cc1ccc2c(c1)N(C(=O)CN1CCN[C@H](C)C1)CC2(C)C. The summed E-state index contributed by atoms with van der Waals surface area (Å²) in [4.78, 5) is 17.4. The van der Waals surface area contributed by atoms with E-state index in [-0.39, 0.29) is 11.3 Å². The van der Waals surface area contributed by atoms with E-state index in [1.807, 2.05) is 17.1 Å². The molecule has 0 bridgehead atoms. The van der Waals surface area contributed by atoms with Crippen LogP contribution in [0.4, 0.5) is 5.69 Å². The predicted molar refractivity (Wildman–Crippen MR) is 118 cm³/mol. The molecule has 0 unspecified atom stereocenters. The summed E-state index contributed by atoms with van der Waals surface area (Å²) in [5.74, 6) is 0.198. The fourth-order valence-electron chi connectivity index (χ4n) is 4.29. The number of hydrogen-bond donors (Lipinski definition) is 1. The molecule has 1 amide bonds. The van der Waals surface area contributed by atoms with E-state index in [2.05, 4.69) is 62.3 Å². The van der Waals surface area contributed by atoms with Gasteiger partial charge in [0, 0.05) is 43.3 Å². The van der Waals surface area contributed by atoms with E-state index in [1.54, 1.807) is 6.08 Å². The fourth-order valence-corrected chi connectivity index (χ4v) is 4.29. The average molecular weight is 380 g/mol. The summed E-state index contributed by atoms with van der Waals surface area (Å²) < 4.78 is 0. The van der Waals surface area contributed by atoms with Crippen LogP contribution in [0, 0.1) is 0 Å². The van der Waals surface area contributed by atoms with Gasteiger partial charge in [-0.3, -0.25) is 9.69 Å². The van der Waals surface area contributed by atoms with Crippen molar-refractivity contribution >= 4 is 11.6 Å². The Kier molecular flexibility index (Phi) is 6.21. The van der Waals surface area contributed by atoms with Crippen molar-refractivity contribution in [2.75, 3.05) is 37.6 Å². The minimum atomic E-state index is -0.0293. The lowest BCUT2D eigenvalue weighted by molar-refractivity contribution is -0.120. The number of nitrogens with zero attached hydrogens (tertiary/aromatic N) is 2. The number of benzene rings is 1. The van der Waals surface area contributed by atoms with E-state index >= 15 is 0 Å². The Hall–Kier alpha value is -2.17. The molecule has 4 heteroatoms. The van der Waals surface area contributed by atoms with Gasteiger partial charge in [0.15, 0.2) is 0 Å². The van der Waals surface area contributed by atoms with Gasteiger partial charge in [-0.05, 0) is 36.1 Å². The molecule has 4 nitrogen and oxygen atoms in total. The first-order valence-electron chi connectivity index (χ1n) is 10.2. The van der Waals surface area contributed by atoms with Crippen molar-refractivity contribution < 1.29 is 4.79 Å². The summed E-state index contributed by atoms with van der Waals surface area (Å²) in [7, 11) is 0. The Bertz CT molecular complexity index is 793. The molecule has 0 aromatic heterocycles. The van der Waals surface area contributed by atoms with E-state index in [0.29, 0.717) is 12.6 Å². The molecule has 0 aliphatic carbocycles. The molecule has 1 N–H and O–H groups in total. The van der Waals surface area contributed by atoms with Gasteiger partial charge in [-0.15, -0.1) is 0 Å². The highest BCUT2D eigenvalue weighted by Crippen LogP contribution is 2.41. The number of carbonyl (C=O) groups is 1. The highest BCUT2D eigenvalue weighted by atomic mass is 16.2. The Balaban J connectivity index is 1.82. The van der Waals surface area contributed by atoms with Gasteiger partial charge in [0.25, 0.3) is 0 Å². The van der Waals surface area contributed by atoms with Crippen LogP contribution in [0.15, 0.2) is 55.2 Å². The smallest absolute Gasteiger partial charge is 0.241 e. The topological polar surface area (TPSA) is 35.6 Å². The molecule has 3 rings (SSSR count). The van der Waals surface area contributed by atoms with Crippen LogP contribution in [0.25, 0.3) is 0 Å². The van der Waals surface area contributed by atoms with Gasteiger partial charge >= 0.3 is 0 Å². The van der Waals surface area contributed by atoms with Crippen molar-refractivity contribution in [1.29, 1.82) is 0 Å². The number of hydrogen-bond acceptors (Lipinski definition) is 3. The monoisotopic (exact) mass is 379 g/mol. The second-order valence-electron chi connectivity index (χ2n) is 8.66. The third kappa shape index (κ3) is 4.45. The second-order valence-corrected chi connectivity index (χ2v) is 8.66. The summed E-state index contributed by atoms with van der Waals surface area (Å²) in [6.45, 7) is 18.3. The average Bonchev–Trinajstić information content (AvgIpc) is 2.92. The van der Waals surface area contributed by atoms with E-state index in [9.17, 15) is 4.79 Å². The van der Waals surface area contributed by atoms with Gasteiger partial charge in [-0.2, -0.15) is 0 Å². The minimum absolute atomic E-state index is 0.0293. The third-order valence-electron chi connectivity index (χ3n) is 5.75. The number of carbonyl (C=O) groups excluding carboxylic acids is 1. The number of piperazine rings is 1. The van der Waals surface area contributed by atoms with Gasteiger partial charge < -0.3 is 10.2 Å². The zero-order chi connectivity index (χ0) is 20.3. The van der Waals surface area contributed by atoms with Crippen molar-refractivity contribution in [2.24, 2.45) is 0 Å². The lowest BCUT2D eigenvalue weighted by Crippen LogP contribution is -2.52. The van der Waals surface area contributed by atoms with Gasteiger partial charge in [0.2, 0.25) is 5.91 Å². The maximum absolute atomic E-state index is 13.2. The molecule has 0 saturated carbocycles. The Morgan fingerprint density at radius 2 is 2.14 bits per heavy atom. The first-order valence-corrected chi connectivity index (χ1v) is 10.2. The maximum Gasteiger partial charge on any atom is 0.241 e. The number of rotatable bonds is 6. The maximum atomic E-state index is 13.2. The molecule has 2 heterocycles. The van der Waals surface area contributed by atoms with Gasteiger partial charge in [-0.1, -0.05) is 57.4 Å². The molecular formula is C24H33N3O. The molecule has 28 heavy (non-hydrogen) atoms. The molecule has 2 aliphatic heterocycles.